The van der Waals surface area contributed by atoms with E-state index in [4.69, 9.17) is 38.5 Å². The van der Waals surface area contributed by atoms with Gasteiger partial charge in [-0.15, -0.1) is 0 Å². The number of aliphatic hydroxyl groups excluding tert-OH is 3. The number of anilines is 1. The fraction of sp³-hybridized carbons (Fsp3) is 0.729. The molecule has 3 heterocycles. The number of nitriles is 1. The number of rotatable bonds is 52. The van der Waals surface area contributed by atoms with Crippen molar-refractivity contribution in [2.24, 2.45) is 0 Å². The minimum atomic E-state index is -4.96. The number of benzene rings is 2. The molecule has 546 valence electrons. The molecule has 1 fully saturated rings. The predicted octanol–water partition coefficient (Wildman–Crippen LogP) is 17.3. The van der Waals surface area contributed by atoms with Gasteiger partial charge >= 0.3 is 20.2 Å². The van der Waals surface area contributed by atoms with Crippen LogP contribution in [0.2, 0.25) is 0 Å². The third kappa shape index (κ3) is 32.7. The van der Waals surface area contributed by atoms with Crippen molar-refractivity contribution < 1.29 is 92.6 Å². The molecule has 0 saturated carbocycles. The summed E-state index contributed by atoms with van der Waals surface area (Å²) in [6.45, 7) is 2.82. The van der Waals surface area contributed by atoms with Crippen LogP contribution < -0.4 is 5.73 Å². The molecule has 1 unspecified atom stereocenters. The molecule has 96 heavy (non-hydrogen) atoms. The monoisotopic (exact) mass is 1390 g/mol. The van der Waals surface area contributed by atoms with Crippen molar-refractivity contribution in [1.29, 1.82) is 5.26 Å². The first kappa shape index (κ1) is 84.0. The Kier molecular flexibility index (Phi) is 41.0. The van der Waals surface area contributed by atoms with Crippen molar-refractivity contribution in [3.8, 4) is 6.07 Å². The Balaban J connectivity index is 0.000000465. The molecular weight excluding hydrogens is 1290 g/mol. The molecule has 17 nitrogen and oxygen atoms in total. The number of nitrogens with two attached hydrogens (primary N) is 1. The van der Waals surface area contributed by atoms with Crippen LogP contribution in [0.4, 0.5) is 40.9 Å². The van der Waals surface area contributed by atoms with Crippen LogP contribution in [0.5, 0.6) is 0 Å². The number of hydrogen-bond donors (Lipinski definition) is 5. The van der Waals surface area contributed by atoms with E-state index in [2.05, 4.69) is 23.9 Å². The maximum absolute atomic E-state index is 14.1. The van der Waals surface area contributed by atoms with Crippen LogP contribution in [0, 0.1) is 23.0 Å². The van der Waals surface area contributed by atoms with Gasteiger partial charge in [0.05, 0.1) is 63.1 Å². The summed E-state index contributed by atoms with van der Waals surface area (Å²) in [5.41, 5.74) is 1.67. The topological polar surface area (TPSA) is 243 Å². The van der Waals surface area contributed by atoms with Crippen LogP contribution in [0.3, 0.4) is 0 Å². The number of nitrogen functional groups attached to an aromatic ring is 1. The van der Waals surface area contributed by atoms with Crippen molar-refractivity contribution in [3.05, 3.63) is 94.4 Å². The zero-order valence-corrected chi connectivity index (χ0v) is 57.4. The van der Waals surface area contributed by atoms with Gasteiger partial charge < -0.3 is 49.6 Å². The second-order valence-corrected chi connectivity index (χ2v) is 26.6. The summed E-state index contributed by atoms with van der Waals surface area (Å²) >= 11 is 0. The fourth-order valence-electron chi connectivity index (χ4n) is 11.4. The molecule has 2 aromatic heterocycles. The molecule has 6 N–H and O–H groups in total. The van der Waals surface area contributed by atoms with Crippen LogP contribution in [0.15, 0.2) is 54.9 Å². The minimum absolute atomic E-state index is 0.00631. The van der Waals surface area contributed by atoms with Gasteiger partial charge in [-0.05, 0) is 72.5 Å². The number of alkyl halides is 6. The quantitative estimate of drug-likeness (QED) is 0.0157. The number of unbranched alkanes of at least 4 members (excludes halogenated alkanes) is 30. The highest BCUT2D eigenvalue weighted by Crippen LogP contribution is 2.46. The molecule has 1 saturated heterocycles. The highest BCUT2D eigenvalue weighted by atomic mass is 31.2. The van der Waals surface area contributed by atoms with Crippen LogP contribution in [-0.2, 0) is 68.5 Å². The van der Waals surface area contributed by atoms with E-state index in [1.165, 1.54) is 184 Å². The summed E-state index contributed by atoms with van der Waals surface area (Å²) in [7, 11) is -4.96. The van der Waals surface area contributed by atoms with Gasteiger partial charge in [0.2, 0.25) is 5.60 Å². The van der Waals surface area contributed by atoms with E-state index in [0.29, 0.717) is 30.9 Å². The molecule has 0 radical (unpaired) electrons. The molecule has 7 atom stereocenters. The molecule has 0 aliphatic carbocycles. The first-order valence-electron chi connectivity index (χ1n) is 35.0. The normalized spacial score (nSPS) is 17.9. The SMILES string of the molecule is CCCCCCCCCCCCCCCCCCOC[C@H](CO)OCc1cc(F)cc(C(F)(F)F)c1.CCCCCCCCCCCCCCCCCCOC[C@H](COP(=O)(O)OC[C@H]1O[C@@](C#N)(c2ccc3c(N)ncnn23)[C@H](O)[C@@H]1O)OCc1cc(F)cc(C(F)(F)F)c1. The number of fused-ring (bicyclic) bond motifs is 1. The lowest BCUT2D eigenvalue weighted by atomic mass is 9.92. The van der Waals surface area contributed by atoms with Gasteiger partial charge in [0.15, 0.2) is 5.82 Å². The van der Waals surface area contributed by atoms with Gasteiger partial charge in [0.1, 0.15) is 60.1 Å². The molecule has 4 aromatic rings. The molecule has 5 rings (SSSR count). The van der Waals surface area contributed by atoms with E-state index in [0.717, 1.165) is 69.1 Å². The van der Waals surface area contributed by atoms with Gasteiger partial charge in [0, 0.05) is 13.2 Å². The summed E-state index contributed by atoms with van der Waals surface area (Å²) < 4.78 is 158. The Hall–Kier alpha value is -4.42. The van der Waals surface area contributed by atoms with E-state index < -0.39 is 98.9 Å². The standard InChI is InChI=1S/C41H60F4N5O9P.C29H48F4O3/c1-2-3-4-5-6-7-8-9-10-11-12-13-14-15-16-17-20-55-25-33(56-24-30-21-31(41(43,44)45)23-32(42)22-30)26-57-60(53,54)58-27-35-37(51)38(52)40(28-46,59-35)36-19-18-34-39(47)48-29-49-50(34)36;1-2-3-4-5-6-7-8-9-10-11-12-13-14-15-16-17-18-35-24-28(22-34)36-23-25-19-26(29(31,32)33)21-27(30)20-25/h18-19,21-23,29,33,35,37-38,51-52H,2-17,20,24-27H2,1H3,(H,53,54)(H2,47,48,49);19-21,28,34H,2-18,22-24H2,1H3/t33-,35-,37-,38-,40+;28-/m10/s1. The van der Waals surface area contributed by atoms with Gasteiger partial charge in [0.25, 0.3) is 0 Å². The van der Waals surface area contributed by atoms with Crippen molar-refractivity contribution in [2.45, 2.75) is 281 Å². The number of phosphoric ester groups is 1. The largest absolute Gasteiger partial charge is 0.472 e. The maximum Gasteiger partial charge on any atom is 0.472 e. The molecule has 0 bridgehead atoms. The van der Waals surface area contributed by atoms with Gasteiger partial charge in [-0.25, -0.2) is 22.8 Å². The number of aliphatic hydroxyl groups is 3. The number of nitrogens with zero attached hydrogens (tertiary/aromatic N) is 4. The number of halogens is 8. The van der Waals surface area contributed by atoms with E-state index in [-0.39, 0.29) is 49.1 Å². The van der Waals surface area contributed by atoms with Crippen molar-refractivity contribution in [3.63, 3.8) is 0 Å². The Morgan fingerprint density at radius 1 is 0.615 bits per heavy atom. The molecule has 1 aliphatic rings. The molecule has 2 aromatic carbocycles. The molecular formula is C70H108F8N5O12P. The van der Waals surface area contributed by atoms with E-state index >= 15 is 0 Å². The van der Waals surface area contributed by atoms with Crippen LogP contribution in [0.25, 0.3) is 5.52 Å². The van der Waals surface area contributed by atoms with Gasteiger partial charge in [-0.3, -0.25) is 9.05 Å². The Bertz CT molecular complexity index is 2820. The number of hydrogen-bond acceptors (Lipinski definition) is 15. The van der Waals surface area contributed by atoms with Crippen LogP contribution >= 0.6 is 7.82 Å². The Morgan fingerprint density at radius 3 is 1.43 bits per heavy atom. The highest BCUT2D eigenvalue weighted by Gasteiger charge is 2.58. The minimum Gasteiger partial charge on any atom is -0.394 e. The van der Waals surface area contributed by atoms with Crippen molar-refractivity contribution >= 4 is 19.2 Å². The summed E-state index contributed by atoms with van der Waals surface area (Å²) in [6.07, 6.45) is 24.9. The summed E-state index contributed by atoms with van der Waals surface area (Å²) in [6, 6.07) is 9.02. The summed E-state index contributed by atoms with van der Waals surface area (Å²) in [5, 5.41) is 45.3. The second kappa shape index (κ2) is 46.8. The molecule has 0 spiro atoms. The van der Waals surface area contributed by atoms with Gasteiger partial charge in [-0.1, -0.05) is 206 Å². The third-order valence-electron chi connectivity index (χ3n) is 16.9. The fourth-order valence-corrected chi connectivity index (χ4v) is 12.2. The zero-order valence-electron chi connectivity index (χ0n) is 56.5. The Labute approximate surface area is 563 Å². The number of phosphoric acid groups is 1. The third-order valence-corrected chi connectivity index (χ3v) is 17.9. The highest BCUT2D eigenvalue weighted by molar-refractivity contribution is 7.47. The van der Waals surface area contributed by atoms with Gasteiger partial charge in [-0.2, -0.15) is 36.7 Å². The first-order valence-corrected chi connectivity index (χ1v) is 36.5. The molecule has 1 aliphatic heterocycles. The second-order valence-electron chi connectivity index (χ2n) is 25.2. The van der Waals surface area contributed by atoms with Crippen molar-refractivity contribution in [2.75, 3.05) is 52.0 Å². The lowest BCUT2D eigenvalue weighted by molar-refractivity contribution is -0.138. The lowest BCUT2D eigenvalue weighted by Gasteiger charge is -2.24. The summed E-state index contributed by atoms with van der Waals surface area (Å²) in [4.78, 5) is 14.4. The average Bonchev–Trinajstić information content (AvgIpc) is 1.58. The van der Waals surface area contributed by atoms with E-state index in [1.807, 2.05) is 6.07 Å². The van der Waals surface area contributed by atoms with Crippen LogP contribution in [0.1, 0.15) is 247 Å². The molecule has 26 heteroatoms. The zero-order chi connectivity index (χ0) is 70.1. The average molecular weight is 1390 g/mol. The maximum atomic E-state index is 14.1. The van der Waals surface area contributed by atoms with Crippen LogP contribution in [-0.4, -0.2) is 112 Å². The number of aromatic nitrogens is 3. The number of ether oxygens (including phenoxy) is 5. The first-order chi connectivity index (χ1) is 46.1. The Morgan fingerprint density at radius 2 is 1.02 bits per heavy atom. The van der Waals surface area contributed by atoms with E-state index in [9.17, 15) is 65.2 Å². The smallest absolute Gasteiger partial charge is 0.394 e. The molecule has 0 amide bonds. The van der Waals surface area contributed by atoms with Crippen molar-refractivity contribution in [1.82, 2.24) is 14.6 Å². The van der Waals surface area contributed by atoms with E-state index in [1.54, 1.807) is 0 Å². The predicted molar refractivity (Wildman–Crippen MR) is 351 cm³/mol. The summed E-state index contributed by atoms with van der Waals surface area (Å²) in [5.74, 6) is -2.01. The lowest BCUT2D eigenvalue weighted by Crippen LogP contribution is -2.41.